The SMILES string of the molecule is CN1CCC(n2cc(-c3ccc4ccc(CC(=O)c5ccc(F)cc5)cc4c3)cn2)CC1. The highest BCUT2D eigenvalue weighted by atomic mass is 19.1. The quantitative estimate of drug-likeness (QED) is 0.393. The summed E-state index contributed by atoms with van der Waals surface area (Å²) in [6, 6.07) is 18.7. The third kappa shape index (κ3) is 4.34. The number of nitrogens with zero attached hydrogens (tertiary/aromatic N) is 3. The third-order valence-electron chi connectivity index (χ3n) is 6.43. The number of fused-ring (bicyclic) bond motifs is 1. The van der Waals surface area contributed by atoms with Gasteiger partial charge < -0.3 is 4.90 Å². The third-order valence-corrected chi connectivity index (χ3v) is 6.43. The Bertz CT molecular complexity index is 1250. The fourth-order valence-corrected chi connectivity index (χ4v) is 4.46. The summed E-state index contributed by atoms with van der Waals surface area (Å²) in [6.07, 6.45) is 6.64. The number of benzene rings is 3. The van der Waals surface area contributed by atoms with Crippen molar-refractivity contribution < 1.29 is 9.18 Å². The van der Waals surface area contributed by atoms with Gasteiger partial charge in [-0.2, -0.15) is 5.10 Å². The largest absolute Gasteiger partial charge is 0.306 e. The van der Waals surface area contributed by atoms with Crippen LogP contribution in [0.25, 0.3) is 21.9 Å². The molecule has 0 aliphatic carbocycles. The molecule has 0 spiro atoms. The van der Waals surface area contributed by atoms with Gasteiger partial charge in [0.25, 0.3) is 0 Å². The molecule has 3 aromatic carbocycles. The molecule has 4 nitrogen and oxygen atoms in total. The van der Waals surface area contributed by atoms with Crippen molar-refractivity contribution in [1.82, 2.24) is 14.7 Å². The number of rotatable bonds is 5. The fraction of sp³-hybridized carbons (Fsp3) is 0.259. The molecular formula is C27H26FN3O. The Hall–Kier alpha value is -3.31. The lowest BCUT2D eigenvalue weighted by Gasteiger charge is -2.28. The van der Waals surface area contributed by atoms with Crippen molar-refractivity contribution in [2.24, 2.45) is 0 Å². The van der Waals surface area contributed by atoms with Gasteiger partial charge in [0.1, 0.15) is 5.82 Å². The smallest absolute Gasteiger partial charge is 0.167 e. The number of piperidine rings is 1. The number of Topliss-reactive ketones (excluding diaryl/α,β-unsaturated/α-hetero) is 1. The van der Waals surface area contributed by atoms with E-state index in [9.17, 15) is 9.18 Å². The number of hydrogen-bond donors (Lipinski definition) is 0. The zero-order valence-corrected chi connectivity index (χ0v) is 18.2. The number of ketones is 1. The van der Waals surface area contributed by atoms with Gasteiger partial charge in [-0.05, 0) is 85.2 Å². The number of halogens is 1. The molecule has 162 valence electrons. The van der Waals surface area contributed by atoms with Crippen molar-refractivity contribution in [1.29, 1.82) is 0 Å². The van der Waals surface area contributed by atoms with Gasteiger partial charge in [-0.3, -0.25) is 9.48 Å². The molecule has 0 saturated carbocycles. The molecule has 5 heteroatoms. The molecule has 1 aromatic heterocycles. The van der Waals surface area contributed by atoms with Crippen LogP contribution in [0.1, 0.15) is 34.8 Å². The van der Waals surface area contributed by atoms with Crippen molar-refractivity contribution in [2.45, 2.75) is 25.3 Å². The monoisotopic (exact) mass is 427 g/mol. The van der Waals surface area contributed by atoms with Crippen LogP contribution in [0.2, 0.25) is 0 Å². The van der Waals surface area contributed by atoms with Gasteiger partial charge >= 0.3 is 0 Å². The molecule has 1 fully saturated rings. The lowest BCUT2D eigenvalue weighted by molar-refractivity contribution is 0.0993. The normalized spacial score (nSPS) is 15.3. The number of carbonyl (C=O) groups is 1. The highest BCUT2D eigenvalue weighted by molar-refractivity contribution is 5.98. The molecule has 4 aromatic rings. The minimum Gasteiger partial charge on any atom is -0.306 e. The number of hydrogen-bond acceptors (Lipinski definition) is 3. The number of likely N-dealkylation sites (tertiary alicyclic amines) is 1. The van der Waals surface area contributed by atoms with E-state index in [0.717, 1.165) is 53.4 Å². The molecule has 0 amide bonds. The van der Waals surface area contributed by atoms with Crippen LogP contribution in [-0.2, 0) is 6.42 Å². The molecule has 1 aliphatic rings. The summed E-state index contributed by atoms with van der Waals surface area (Å²) >= 11 is 0. The van der Waals surface area contributed by atoms with Crippen molar-refractivity contribution in [2.75, 3.05) is 20.1 Å². The first-order chi connectivity index (χ1) is 15.5. The Morgan fingerprint density at radius 2 is 1.72 bits per heavy atom. The van der Waals surface area contributed by atoms with E-state index in [1.54, 1.807) is 12.1 Å². The first-order valence-corrected chi connectivity index (χ1v) is 11.1. The molecule has 0 unspecified atom stereocenters. The van der Waals surface area contributed by atoms with E-state index in [2.05, 4.69) is 52.2 Å². The first kappa shape index (κ1) is 20.6. The van der Waals surface area contributed by atoms with Crippen LogP contribution in [-0.4, -0.2) is 40.6 Å². The Morgan fingerprint density at radius 3 is 2.50 bits per heavy atom. The van der Waals surface area contributed by atoms with E-state index in [-0.39, 0.29) is 11.6 Å². The predicted octanol–water partition coefficient (Wildman–Crippen LogP) is 5.53. The van der Waals surface area contributed by atoms with Crippen molar-refractivity contribution in [3.63, 3.8) is 0 Å². The van der Waals surface area contributed by atoms with Crippen LogP contribution in [0.3, 0.4) is 0 Å². The van der Waals surface area contributed by atoms with E-state index >= 15 is 0 Å². The maximum atomic E-state index is 13.1. The van der Waals surface area contributed by atoms with Gasteiger partial charge in [0.2, 0.25) is 0 Å². The van der Waals surface area contributed by atoms with E-state index in [1.807, 2.05) is 18.3 Å². The van der Waals surface area contributed by atoms with Crippen LogP contribution in [0.4, 0.5) is 4.39 Å². The second-order valence-corrected chi connectivity index (χ2v) is 8.75. The van der Waals surface area contributed by atoms with E-state index in [0.29, 0.717) is 18.0 Å². The summed E-state index contributed by atoms with van der Waals surface area (Å²) in [5.74, 6) is -0.348. The lowest BCUT2D eigenvalue weighted by atomic mass is 9.98. The van der Waals surface area contributed by atoms with E-state index in [4.69, 9.17) is 0 Å². The second-order valence-electron chi connectivity index (χ2n) is 8.75. The molecule has 0 bridgehead atoms. The first-order valence-electron chi connectivity index (χ1n) is 11.1. The predicted molar refractivity (Wildman–Crippen MR) is 125 cm³/mol. The molecule has 0 radical (unpaired) electrons. The summed E-state index contributed by atoms with van der Waals surface area (Å²) in [7, 11) is 2.17. The fourth-order valence-electron chi connectivity index (χ4n) is 4.46. The second kappa shape index (κ2) is 8.67. The number of carbonyl (C=O) groups excluding carboxylic acids is 1. The van der Waals surface area contributed by atoms with Crippen molar-refractivity contribution >= 4 is 16.6 Å². The lowest BCUT2D eigenvalue weighted by Crippen LogP contribution is -2.31. The van der Waals surface area contributed by atoms with Gasteiger partial charge in [0, 0.05) is 23.7 Å². The van der Waals surface area contributed by atoms with E-state index in [1.165, 1.54) is 12.1 Å². The highest BCUT2D eigenvalue weighted by Crippen LogP contribution is 2.28. The summed E-state index contributed by atoms with van der Waals surface area (Å²) < 4.78 is 15.2. The molecule has 0 N–H and O–H groups in total. The Morgan fingerprint density at radius 1 is 0.969 bits per heavy atom. The Balaban J connectivity index is 1.36. The standard InChI is InChI=1S/C27H26FN3O/c1-30-12-10-26(11-13-30)31-18-24(17-29-31)22-5-4-20-3-2-19(14-23(20)16-22)15-27(32)21-6-8-25(28)9-7-21/h2-9,14,16-18,26H,10-13,15H2,1H3. The van der Waals surface area contributed by atoms with Crippen molar-refractivity contribution in [3.05, 3.63) is 90.0 Å². The molecule has 0 atom stereocenters. The van der Waals surface area contributed by atoms with Crippen LogP contribution in [0.15, 0.2) is 73.1 Å². The number of aromatic nitrogens is 2. The van der Waals surface area contributed by atoms with Crippen LogP contribution in [0.5, 0.6) is 0 Å². The Labute approximate surface area is 187 Å². The minimum absolute atomic E-state index is 0.0140. The van der Waals surface area contributed by atoms with Crippen molar-refractivity contribution in [3.8, 4) is 11.1 Å². The average molecular weight is 428 g/mol. The van der Waals surface area contributed by atoms with Crippen LogP contribution >= 0.6 is 0 Å². The molecule has 1 saturated heterocycles. The zero-order valence-electron chi connectivity index (χ0n) is 18.2. The van der Waals surface area contributed by atoms with Gasteiger partial charge in [0.15, 0.2) is 5.78 Å². The van der Waals surface area contributed by atoms with Gasteiger partial charge in [-0.25, -0.2) is 4.39 Å². The molecule has 1 aliphatic heterocycles. The Kier molecular flexibility index (Phi) is 5.58. The molecule has 5 rings (SSSR count). The zero-order chi connectivity index (χ0) is 22.1. The van der Waals surface area contributed by atoms with E-state index < -0.39 is 0 Å². The average Bonchev–Trinajstić information content (AvgIpc) is 3.30. The molecular weight excluding hydrogens is 401 g/mol. The van der Waals surface area contributed by atoms with Crippen LogP contribution < -0.4 is 0 Å². The maximum Gasteiger partial charge on any atom is 0.167 e. The van der Waals surface area contributed by atoms with Gasteiger partial charge in [-0.1, -0.05) is 30.3 Å². The van der Waals surface area contributed by atoms with Gasteiger partial charge in [-0.15, -0.1) is 0 Å². The summed E-state index contributed by atoms with van der Waals surface area (Å²) in [5.41, 5.74) is 3.71. The summed E-state index contributed by atoms with van der Waals surface area (Å²) in [6.45, 7) is 2.21. The summed E-state index contributed by atoms with van der Waals surface area (Å²) in [4.78, 5) is 15.0. The molecule has 2 heterocycles. The highest BCUT2D eigenvalue weighted by Gasteiger charge is 2.19. The topological polar surface area (TPSA) is 38.1 Å². The van der Waals surface area contributed by atoms with Gasteiger partial charge in [0.05, 0.1) is 12.2 Å². The minimum atomic E-state index is -0.334. The van der Waals surface area contributed by atoms with Crippen LogP contribution in [0, 0.1) is 5.82 Å². The molecule has 32 heavy (non-hydrogen) atoms. The summed E-state index contributed by atoms with van der Waals surface area (Å²) in [5, 5.41) is 6.87. The maximum absolute atomic E-state index is 13.1.